The van der Waals surface area contributed by atoms with E-state index in [1.807, 2.05) is 96.4 Å². The van der Waals surface area contributed by atoms with Crippen LogP contribution in [0, 0.1) is 6.92 Å². The van der Waals surface area contributed by atoms with Crippen LogP contribution >= 0.6 is 12.4 Å². The van der Waals surface area contributed by atoms with Crippen molar-refractivity contribution in [1.82, 2.24) is 34.8 Å². The quantitative estimate of drug-likeness (QED) is 0.103. The number of benzene rings is 4. The molecule has 0 bridgehead atoms. The Kier molecular flexibility index (Phi) is 11.3. The minimum absolute atomic E-state index is 0. The average Bonchev–Trinajstić information content (AvgIpc) is 3.62. The van der Waals surface area contributed by atoms with Gasteiger partial charge in [-0.3, -0.25) is 19.6 Å². The highest BCUT2D eigenvalue weighted by molar-refractivity contribution is 6.00. The number of fused-ring (bicyclic) bond motifs is 2. The zero-order valence-corrected chi connectivity index (χ0v) is 31.8. The maximum atomic E-state index is 14.3. The third-order valence-corrected chi connectivity index (χ3v) is 9.67. The van der Waals surface area contributed by atoms with E-state index in [0.717, 1.165) is 27.6 Å². The Morgan fingerprint density at radius 2 is 1.65 bits per heavy atom. The molecule has 2 atom stereocenters. The van der Waals surface area contributed by atoms with E-state index in [2.05, 4.69) is 30.9 Å². The third-order valence-electron chi connectivity index (χ3n) is 9.67. The molecule has 2 amide bonds. The third kappa shape index (κ3) is 8.04. The predicted molar refractivity (Wildman–Crippen MR) is 225 cm³/mol. The summed E-state index contributed by atoms with van der Waals surface area (Å²) in [5.74, 6) is 0.0144. The lowest BCUT2D eigenvalue weighted by Gasteiger charge is -2.27. The fraction of sp³-hybridized carbons (Fsp3) is 0.114. The molecule has 13 heteroatoms. The molecular weight excluding hydrogens is 738 g/mol. The van der Waals surface area contributed by atoms with Crippen LogP contribution in [0.5, 0.6) is 0 Å². The van der Waals surface area contributed by atoms with E-state index in [1.165, 1.54) is 0 Å². The van der Waals surface area contributed by atoms with Crippen molar-refractivity contribution in [3.8, 4) is 22.6 Å². The van der Waals surface area contributed by atoms with Gasteiger partial charge >= 0.3 is 0 Å². The minimum Gasteiger partial charge on any atom is -0.381 e. The number of halogens is 1. The van der Waals surface area contributed by atoms with Gasteiger partial charge in [0, 0.05) is 65.3 Å². The van der Waals surface area contributed by atoms with Gasteiger partial charge < -0.3 is 25.6 Å². The largest absolute Gasteiger partial charge is 0.381 e. The number of nitrogens with zero attached hydrogens (tertiary/aromatic N) is 6. The highest BCUT2D eigenvalue weighted by Gasteiger charge is 2.32. The van der Waals surface area contributed by atoms with Crippen LogP contribution in [0.4, 0.5) is 17.3 Å². The smallest absolute Gasteiger partial charge is 0.255 e. The number of pyridine rings is 2. The summed E-state index contributed by atoms with van der Waals surface area (Å²) in [4.78, 5) is 50.0. The van der Waals surface area contributed by atoms with Gasteiger partial charge in [-0.15, -0.1) is 12.4 Å². The summed E-state index contributed by atoms with van der Waals surface area (Å²) in [7, 11) is 1.57. The Morgan fingerprint density at radius 3 is 2.46 bits per heavy atom. The molecule has 0 spiro atoms. The van der Waals surface area contributed by atoms with E-state index in [-0.39, 0.29) is 24.7 Å². The summed E-state index contributed by atoms with van der Waals surface area (Å²) in [5, 5.41) is 22.0. The summed E-state index contributed by atoms with van der Waals surface area (Å²) >= 11 is 0. The van der Waals surface area contributed by atoms with Crippen LogP contribution in [-0.4, -0.2) is 59.6 Å². The monoisotopic (exact) mass is 775 g/mol. The molecule has 0 aliphatic heterocycles. The molecule has 0 fully saturated rings. The van der Waals surface area contributed by atoms with Crippen LogP contribution in [-0.2, 0) is 11.2 Å². The lowest BCUT2D eigenvalue weighted by Crippen LogP contribution is -2.37. The lowest BCUT2D eigenvalue weighted by atomic mass is 9.99. The van der Waals surface area contributed by atoms with Crippen LogP contribution in [0.2, 0.25) is 0 Å². The number of carbonyl (C=O) groups is 2. The molecule has 0 aliphatic rings. The molecule has 8 aromatic rings. The summed E-state index contributed by atoms with van der Waals surface area (Å²) in [5.41, 5.74) is 7.55. The number of aromatic nitrogens is 6. The summed E-state index contributed by atoms with van der Waals surface area (Å²) in [6.45, 7) is 1.94. The Labute approximate surface area is 334 Å². The first-order valence-electron chi connectivity index (χ1n) is 18.1. The first-order chi connectivity index (χ1) is 27.4. The SMILES string of the molecule is CNC(=O)c1ccc2c(c1)nc(-c1cccc3cccnc13)n2[C@@H](Cc1ccccc1)[C@@H](O)C(=O)Nc1ccc(C)c(Nc2nccc(-c3cccnc3)n2)c1.Cl. The maximum Gasteiger partial charge on any atom is 0.255 e. The van der Waals surface area contributed by atoms with Gasteiger partial charge in [-0.05, 0) is 85.1 Å². The number of aryl methyl sites for hydroxylation is 1. The molecule has 4 aromatic carbocycles. The maximum absolute atomic E-state index is 14.3. The number of anilines is 3. The van der Waals surface area contributed by atoms with Gasteiger partial charge in [-0.1, -0.05) is 54.6 Å². The number of hydrogen-bond donors (Lipinski definition) is 4. The molecule has 8 rings (SSSR count). The second-order valence-electron chi connectivity index (χ2n) is 13.3. The van der Waals surface area contributed by atoms with Crippen LogP contribution in [0.15, 0.2) is 140 Å². The van der Waals surface area contributed by atoms with Gasteiger partial charge in [-0.2, -0.15) is 0 Å². The van der Waals surface area contributed by atoms with Crippen LogP contribution in [0.25, 0.3) is 44.6 Å². The number of aliphatic hydroxyl groups excluding tert-OH is 1. The Hall–Kier alpha value is -7.02. The molecular formula is C44H38ClN9O3. The average molecular weight is 776 g/mol. The second-order valence-corrected chi connectivity index (χ2v) is 13.3. The van der Waals surface area contributed by atoms with Crippen LogP contribution in [0.1, 0.15) is 27.5 Å². The van der Waals surface area contributed by atoms with Crippen molar-refractivity contribution in [3.05, 3.63) is 157 Å². The summed E-state index contributed by atoms with van der Waals surface area (Å²) in [6, 6.07) is 34.8. The van der Waals surface area contributed by atoms with E-state index in [4.69, 9.17) is 9.97 Å². The molecule has 4 heterocycles. The first kappa shape index (κ1) is 38.3. The minimum atomic E-state index is -1.55. The molecule has 4 N–H and O–H groups in total. The van der Waals surface area contributed by atoms with E-state index in [0.29, 0.717) is 51.0 Å². The number of imidazole rings is 1. The van der Waals surface area contributed by atoms with Crippen LogP contribution < -0.4 is 16.0 Å². The lowest BCUT2D eigenvalue weighted by molar-refractivity contribution is -0.126. The van der Waals surface area contributed by atoms with Crippen molar-refractivity contribution in [2.45, 2.75) is 25.5 Å². The van der Waals surface area contributed by atoms with Gasteiger partial charge in [0.25, 0.3) is 11.8 Å². The van der Waals surface area contributed by atoms with Crippen molar-refractivity contribution in [2.75, 3.05) is 17.7 Å². The van der Waals surface area contributed by atoms with Crippen LogP contribution in [0.3, 0.4) is 0 Å². The normalized spacial score (nSPS) is 12.1. The van der Waals surface area contributed by atoms with Crippen molar-refractivity contribution in [2.24, 2.45) is 0 Å². The van der Waals surface area contributed by atoms with E-state index >= 15 is 0 Å². The van der Waals surface area contributed by atoms with Crippen molar-refractivity contribution < 1.29 is 14.7 Å². The molecule has 0 unspecified atom stereocenters. The molecule has 12 nitrogen and oxygen atoms in total. The zero-order chi connectivity index (χ0) is 38.6. The predicted octanol–water partition coefficient (Wildman–Crippen LogP) is 7.72. The number of rotatable bonds is 11. The van der Waals surface area contributed by atoms with Gasteiger partial charge in [0.2, 0.25) is 5.95 Å². The first-order valence-corrected chi connectivity index (χ1v) is 18.1. The fourth-order valence-electron chi connectivity index (χ4n) is 6.83. The molecule has 0 radical (unpaired) electrons. The Bertz CT molecular complexity index is 2700. The molecule has 0 aliphatic carbocycles. The summed E-state index contributed by atoms with van der Waals surface area (Å²) in [6.07, 6.45) is 5.57. The number of nitrogens with one attached hydrogen (secondary N) is 3. The topological polar surface area (TPSA) is 160 Å². The number of amides is 2. The van der Waals surface area contributed by atoms with Crippen molar-refractivity contribution in [3.63, 3.8) is 0 Å². The molecule has 0 saturated carbocycles. The van der Waals surface area contributed by atoms with Crippen molar-refractivity contribution in [1.29, 1.82) is 0 Å². The number of para-hydroxylation sites is 1. The van der Waals surface area contributed by atoms with Gasteiger partial charge in [-0.25, -0.2) is 15.0 Å². The van der Waals surface area contributed by atoms with Gasteiger partial charge in [0.05, 0.1) is 28.3 Å². The molecule has 0 saturated heterocycles. The van der Waals surface area contributed by atoms with E-state index < -0.39 is 18.1 Å². The Balaban J connectivity index is 0.00000496. The number of hydrogen-bond acceptors (Lipinski definition) is 9. The number of carbonyl (C=O) groups excluding carboxylic acids is 2. The molecule has 57 heavy (non-hydrogen) atoms. The fourth-order valence-corrected chi connectivity index (χ4v) is 6.83. The van der Waals surface area contributed by atoms with Crippen molar-refractivity contribution >= 4 is 63.5 Å². The molecule has 284 valence electrons. The standard InChI is InChI=1S/C44H37N9O3.ClH/c1-27-15-17-32(25-35(27)52-44-48-22-19-34(51-44)31-13-7-20-46-26-31)49-43(56)40(54)38(23-28-9-4-3-5-10-28)53-37-18-16-30(42(55)45-2)24-36(37)50-41(53)33-14-6-11-29-12-8-21-47-39(29)33;/h3-22,24-26,38,40,54H,23H2,1-2H3,(H,45,55)(H,49,56)(H,48,51,52);1H/t38-,40+;/m0./s1. The summed E-state index contributed by atoms with van der Waals surface area (Å²) < 4.78 is 1.90. The Morgan fingerprint density at radius 1 is 0.825 bits per heavy atom. The molecule has 4 aromatic heterocycles. The van der Waals surface area contributed by atoms with Gasteiger partial charge in [0.15, 0.2) is 6.10 Å². The zero-order valence-electron chi connectivity index (χ0n) is 31.0. The van der Waals surface area contributed by atoms with E-state index in [9.17, 15) is 14.7 Å². The van der Waals surface area contributed by atoms with E-state index in [1.54, 1.807) is 62.2 Å². The number of aliphatic hydroxyl groups is 1. The second kappa shape index (κ2) is 16.8. The highest BCUT2D eigenvalue weighted by Crippen LogP contribution is 2.36. The highest BCUT2D eigenvalue weighted by atomic mass is 35.5. The van der Waals surface area contributed by atoms with Gasteiger partial charge in [0.1, 0.15) is 5.82 Å².